The number of sulfonamides is 1. The number of rotatable bonds is 2. The second kappa shape index (κ2) is 5.70. The summed E-state index contributed by atoms with van der Waals surface area (Å²) in [7, 11) is -3.60. The van der Waals surface area contributed by atoms with Gasteiger partial charge in [-0.25, -0.2) is 8.42 Å². The summed E-state index contributed by atoms with van der Waals surface area (Å²) >= 11 is 11.9. The van der Waals surface area contributed by atoms with E-state index in [0.29, 0.717) is 18.1 Å². The maximum atomic E-state index is 12.7. The lowest BCUT2D eigenvalue weighted by molar-refractivity contribution is -0.0309. The summed E-state index contributed by atoms with van der Waals surface area (Å²) in [5, 5.41) is 0.572. The average molecular weight is 350 g/mol. The van der Waals surface area contributed by atoms with Gasteiger partial charge in [0.2, 0.25) is 10.0 Å². The molecule has 0 unspecified atom stereocenters. The minimum atomic E-state index is -3.60. The molecule has 0 radical (unpaired) electrons. The lowest BCUT2D eigenvalue weighted by Crippen LogP contribution is -2.46. The molecule has 1 spiro atoms. The Morgan fingerprint density at radius 2 is 1.86 bits per heavy atom. The van der Waals surface area contributed by atoms with E-state index in [0.717, 1.165) is 32.3 Å². The van der Waals surface area contributed by atoms with Crippen LogP contribution < -0.4 is 0 Å². The van der Waals surface area contributed by atoms with Crippen molar-refractivity contribution in [1.29, 1.82) is 0 Å². The Morgan fingerprint density at radius 1 is 1.14 bits per heavy atom. The SMILES string of the molecule is O=S(=O)(c1cc(Cl)ccc1Cl)N1CCC2(CCCO2)CC1. The van der Waals surface area contributed by atoms with Crippen LogP contribution in [0.25, 0.3) is 0 Å². The van der Waals surface area contributed by atoms with Crippen molar-refractivity contribution in [1.82, 2.24) is 4.31 Å². The second-order valence-electron chi connectivity index (χ2n) is 5.61. The quantitative estimate of drug-likeness (QED) is 0.822. The molecule has 21 heavy (non-hydrogen) atoms. The Morgan fingerprint density at radius 3 is 2.48 bits per heavy atom. The Kier molecular flexibility index (Phi) is 4.23. The van der Waals surface area contributed by atoms with E-state index in [9.17, 15) is 8.42 Å². The predicted octanol–water partition coefficient (Wildman–Crippen LogP) is 3.33. The van der Waals surface area contributed by atoms with Crippen LogP contribution in [0.2, 0.25) is 10.0 Å². The third-order valence-electron chi connectivity index (χ3n) is 4.33. The first-order chi connectivity index (χ1) is 9.93. The largest absolute Gasteiger partial charge is 0.375 e. The van der Waals surface area contributed by atoms with Crippen molar-refractivity contribution in [2.75, 3.05) is 19.7 Å². The molecule has 0 amide bonds. The highest BCUT2D eigenvalue weighted by Crippen LogP contribution is 2.38. The molecule has 7 heteroatoms. The number of hydrogen-bond donors (Lipinski definition) is 0. The van der Waals surface area contributed by atoms with Crippen molar-refractivity contribution in [2.24, 2.45) is 0 Å². The highest BCUT2D eigenvalue weighted by Gasteiger charge is 2.41. The third kappa shape index (κ3) is 2.94. The van der Waals surface area contributed by atoms with Gasteiger partial charge in [0, 0.05) is 24.7 Å². The van der Waals surface area contributed by atoms with Crippen molar-refractivity contribution >= 4 is 33.2 Å². The molecule has 2 aliphatic rings. The first kappa shape index (κ1) is 15.6. The number of hydrogen-bond acceptors (Lipinski definition) is 3. The molecular weight excluding hydrogens is 333 g/mol. The molecule has 0 aromatic heterocycles. The molecule has 0 saturated carbocycles. The summed E-state index contributed by atoms with van der Waals surface area (Å²) in [6.45, 7) is 1.71. The molecule has 1 aromatic rings. The topological polar surface area (TPSA) is 46.6 Å². The van der Waals surface area contributed by atoms with E-state index in [1.807, 2.05) is 0 Å². The van der Waals surface area contributed by atoms with Gasteiger partial charge in [-0.1, -0.05) is 23.2 Å². The Hall–Kier alpha value is -0.330. The van der Waals surface area contributed by atoms with E-state index in [1.54, 1.807) is 6.07 Å². The fraction of sp³-hybridized carbons (Fsp3) is 0.571. The number of ether oxygens (including phenoxy) is 1. The molecule has 2 fully saturated rings. The van der Waals surface area contributed by atoms with Crippen LogP contribution in [-0.4, -0.2) is 38.0 Å². The highest BCUT2D eigenvalue weighted by atomic mass is 35.5. The summed E-state index contributed by atoms with van der Waals surface area (Å²) in [6, 6.07) is 4.51. The first-order valence-corrected chi connectivity index (χ1v) is 9.22. The Labute approximate surface area is 135 Å². The van der Waals surface area contributed by atoms with Gasteiger partial charge >= 0.3 is 0 Å². The fourth-order valence-electron chi connectivity index (χ4n) is 3.10. The number of nitrogens with zero attached hydrogens (tertiary/aromatic N) is 1. The molecule has 2 heterocycles. The van der Waals surface area contributed by atoms with Gasteiger partial charge in [-0.05, 0) is 43.9 Å². The first-order valence-electron chi connectivity index (χ1n) is 7.02. The zero-order valence-corrected chi connectivity index (χ0v) is 13.8. The molecule has 0 aliphatic carbocycles. The van der Waals surface area contributed by atoms with Crippen LogP contribution in [0.15, 0.2) is 23.1 Å². The predicted molar refractivity (Wildman–Crippen MR) is 82.4 cm³/mol. The minimum absolute atomic E-state index is 0.0833. The maximum absolute atomic E-state index is 12.7. The third-order valence-corrected chi connectivity index (χ3v) is 6.94. The second-order valence-corrected chi connectivity index (χ2v) is 8.36. The van der Waals surface area contributed by atoms with E-state index >= 15 is 0 Å². The van der Waals surface area contributed by atoms with Crippen molar-refractivity contribution in [3.05, 3.63) is 28.2 Å². The van der Waals surface area contributed by atoms with Crippen LogP contribution in [0.4, 0.5) is 0 Å². The molecule has 0 N–H and O–H groups in total. The van der Waals surface area contributed by atoms with Crippen LogP contribution in [0.3, 0.4) is 0 Å². The molecule has 2 aliphatic heterocycles. The van der Waals surface area contributed by atoms with E-state index < -0.39 is 10.0 Å². The maximum Gasteiger partial charge on any atom is 0.244 e. The van der Waals surface area contributed by atoms with Crippen LogP contribution in [0.1, 0.15) is 25.7 Å². The average Bonchev–Trinajstić information content (AvgIpc) is 2.90. The summed E-state index contributed by atoms with van der Waals surface area (Å²) in [6.07, 6.45) is 3.57. The Balaban J connectivity index is 1.82. The molecule has 1 aromatic carbocycles. The van der Waals surface area contributed by atoms with Crippen molar-refractivity contribution in [3.63, 3.8) is 0 Å². The van der Waals surface area contributed by atoms with Gasteiger partial charge in [0.25, 0.3) is 0 Å². The zero-order valence-electron chi connectivity index (χ0n) is 11.5. The van der Waals surface area contributed by atoms with Gasteiger partial charge in [0.15, 0.2) is 0 Å². The van der Waals surface area contributed by atoms with Crippen molar-refractivity contribution in [3.8, 4) is 0 Å². The zero-order chi connectivity index (χ0) is 15.1. The molecular formula is C14H17Cl2NO3S. The molecule has 0 atom stereocenters. The molecule has 3 rings (SSSR count). The lowest BCUT2D eigenvalue weighted by atomic mass is 9.90. The van der Waals surface area contributed by atoms with Crippen molar-refractivity contribution < 1.29 is 13.2 Å². The van der Waals surface area contributed by atoms with Crippen LogP contribution in [0.5, 0.6) is 0 Å². The fourth-order valence-corrected chi connectivity index (χ4v) is 5.28. The van der Waals surface area contributed by atoms with E-state index in [2.05, 4.69) is 0 Å². The van der Waals surface area contributed by atoms with Gasteiger partial charge in [-0.2, -0.15) is 4.31 Å². The van der Waals surface area contributed by atoms with E-state index in [4.69, 9.17) is 27.9 Å². The monoisotopic (exact) mass is 349 g/mol. The lowest BCUT2D eigenvalue weighted by Gasteiger charge is -2.37. The molecule has 4 nitrogen and oxygen atoms in total. The van der Waals surface area contributed by atoms with Gasteiger partial charge in [0.1, 0.15) is 4.90 Å². The summed E-state index contributed by atoms with van der Waals surface area (Å²) < 4.78 is 32.7. The van der Waals surface area contributed by atoms with Gasteiger partial charge in [-0.15, -0.1) is 0 Å². The summed E-state index contributed by atoms with van der Waals surface area (Å²) in [5.41, 5.74) is -0.107. The molecule has 2 saturated heterocycles. The van der Waals surface area contributed by atoms with E-state index in [1.165, 1.54) is 16.4 Å². The minimum Gasteiger partial charge on any atom is -0.375 e. The van der Waals surface area contributed by atoms with Gasteiger partial charge in [0.05, 0.1) is 10.6 Å². The number of benzene rings is 1. The number of piperidine rings is 1. The van der Waals surface area contributed by atoms with Crippen molar-refractivity contribution in [2.45, 2.75) is 36.2 Å². The van der Waals surface area contributed by atoms with E-state index in [-0.39, 0.29) is 15.5 Å². The number of halogens is 2. The van der Waals surface area contributed by atoms with Crippen LogP contribution >= 0.6 is 23.2 Å². The molecule has 0 bridgehead atoms. The van der Waals surface area contributed by atoms with Crippen LogP contribution in [0, 0.1) is 0 Å². The van der Waals surface area contributed by atoms with Gasteiger partial charge < -0.3 is 4.74 Å². The van der Waals surface area contributed by atoms with Gasteiger partial charge in [-0.3, -0.25) is 0 Å². The normalized spacial score (nSPS) is 22.8. The smallest absolute Gasteiger partial charge is 0.244 e. The van der Waals surface area contributed by atoms with Crippen LogP contribution in [-0.2, 0) is 14.8 Å². The molecule has 116 valence electrons. The summed E-state index contributed by atoms with van der Waals surface area (Å²) in [5.74, 6) is 0. The standard InChI is InChI=1S/C14H17Cl2NO3S/c15-11-2-3-12(16)13(10-11)21(18,19)17-7-5-14(6-8-17)4-1-9-20-14/h2-3,10H,1,4-9H2. The highest BCUT2D eigenvalue weighted by molar-refractivity contribution is 7.89. The summed E-state index contributed by atoms with van der Waals surface area (Å²) in [4.78, 5) is 0.0833. The Bertz CT molecular complexity index is 632.